The summed E-state index contributed by atoms with van der Waals surface area (Å²) in [6, 6.07) is 17.0. The molecule has 1 amide bonds. The van der Waals surface area contributed by atoms with Crippen LogP contribution in [-0.4, -0.2) is 23.7 Å². The van der Waals surface area contributed by atoms with E-state index in [2.05, 4.69) is 15.0 Å². The van der Waals surface area contributed by atoms with E-state index in [1.54, 1.807) is 53.9 Å². The molecule has 30 heavy (non-hydrogen) atoms. The molecule has 0 spiro atoms. The van der Waals surface area contributed by atoms with E-state index < -0.39 is 10.0 Å². The number of hydrogen-bond acceptors (Lipinski definition) is 4. The van der Waals surface area contributed by atoms with Crippen LogP contribution in [0.15, 0.2) is 78.0 Å². The molecule has 0 fully saturated rings. The Bertz CT molecular complexity index is 1350. The summed E-state index contributed by atoms with van der Waals surface area (Å²) >= 11 is 0. The molecule has 0 radical (unpaired) electrons. The maximum atomic E-state index is 12.6. The fraction of sp³-hybridized carbons (Fsp3) is 0.0909. The van der Waals surface area contributed by atoms with Gasteiger partial charge < -0.3 is 9.72 Å². The first-order valence-electron chi connectivity index (χ1n) is 9.27. The second-order valence-corrected chi connectivity index (χ2v) is 8.68. The van der Waals surface area contributed by atoms with Crippen molar-refractivity contribution in [3.8, 4) is 0 Å². The molecule has 0 aliphatic rings. The van der Waals surface area contributed by atoms with Crippen molar-refractivity contribution in [1.82, 2.24) is 9.38 Å². The van der Waals surface area contributed by atoms with Crippen LogP contribution in [0.2, 0.25) is 0 Å². The number of carbonyl (C=O) groups excluding carboxylic acids is 1. The lowest BCUT2D eigenvalue weighted by atomic mass is 10.2. The van der Waals surface area contributed by atoms with Crippen LogP contribution in [0, 0.1) is 13.8 Å². The van der Waals surface area contributed by atoms with Gasteiger partial charge in [-0.15, -0.1) is 0 Å². The van der Waals surface area contributed by atoms with Gasteiger partial charge in [-0.3, -0.25) is 9.52 Å². The molecule has 152 valence electrons. The van der Waals surface area contributed by atoms with E-state index >= 15 is 0 Å². The van der Waals surface area contributed by atoms with Crippen LogP contribution in [-0.2, 0) is 10.0 Å². The minimum Gasteiger partial charge on any atom is -0.321 e. The van der Waals surface area contributed by atoms with Gasteiger partial charge >= 0.3 is 0 Å². The molecule has 4 rings (SSSR count). The van der Waals surface area contributed by atoms with Crippen molar-refractivity contribution in [3.05, 3.63) is 89.9 Å². The highest BCUT2D eigenvalue weighted by atomic mass is 32.2. The number of aromatic nitrogens is 2. The number of sulfonamides is 1. The molecule has 8 heteroatoms. The zero-order chi connectivity index (χ0) is 21.3. The number of hydrogen-bond donors (Lipinski definition) is 2. The van der Waals surface area contributed by atoms with Gasteiger partial charge in [0.25, 0.3) is 15.9 Å². The summed E-state index contributed by atoms with van der Waals surface area (Å²) in [7, 11) is -3.73. The smallest absolute Gasteiger partial charge is 0.275 e. The first-order chi connectivity index (χ1) is 14.3. The number of benzene rings is 2. The predicted molar refractivity (Wildman–Crippen MR) is 116 cm³/mol. The normalized spacial score (nSPS) is 11.4. The highest BCUT2D eigenvalue weighted by Gasteiger charge is 2.16. The molecule has 0 unspecified atom stereocenters. The molecule has 2 aromatic heterocycles. The van der Waals surface area contributed by atoms with E-state index in [9.17, 15) is 13.2 Å². The third-order valence-electron chi connectivity index (χ3n) is 4.64. The first-order valence-corrected chi connectivity index (χ1v) is 10.8. The van der Waals surface area contributed by atoms with Crippen molar-refractivity contribution in [2.75, 3.05) is 10.0 Å². The molecule has 2 heterocycles. The van der Waals surface area contributed by atoms with Crippen molar-refractivity contribution < 1.29 is 13.2 Å². The van der Waals surface area contributed by atoms with Gasteiger partial charge in [-0.05, 0) is 61.4 Å². The average Bonchev–Trinajstić information content (AvgIpc) is 3.14. The van der Waals surface area contributed by atoms with Crippen LogP contribution in [0.4, 0.5) is 11.4 Å². The Kier molecular flexibility index (Phi) is 5.01. The third-order valence-corrected chi connectivity index (χ3v) is 6.02. The second kappa shape index (κ2) is 7.64. The summed E-state index contributed by atoms with van der Waals surface area (Å²) < 4.78 is 29.6. The van der Waals surface area contributed by atoms with Crippen molar-refractivity contribution in [2.24, 2.45) is 0 Å². The van der Waals surface area contributed by atoms with Crippen LogP contribution < -0.4 is 10.0 Å². The molecule has 0 bridgehead atoms. The van der Waals surface area contributed by atoms with E-state index in [4.69, 9.17) is 0 Å². The van der Waals surface area contributed by atoms with Crippen LogP contribution in [0.3, 0.4) is 0 Å². The zero-order valence-corrected chi connectivity index (χ0v) is 17.3. The molecule has 0 aliphatic carbocycles. The maximum absolute atomic E-state index is 12.6. The number of amides is 1. The van der Waals surface area contributed by atoms with E-state index in [0.717, 1.165) is 11.1 Å². The van der Waals surface area contributed by atoms with E-state index in [1.165, 1.54) is 12.1 Å². The Balaban J connectivity index is 1.57. The highest BCUT2D eigenvalue weighted by molar-refractivity contribution is 7.92. The number of pyridine rings is 1. The van der Waals surface area contributed by atoms with Crippen LogP contribution in [0.1, 0.15) is 21.6 Å². The van der Waals surface area contributed by atoms with Crippen molar-refractivity contribution >= 4 is 33.0 Å². The monoisotopic (exact) mass is 420 g/mol. The quantitative estimate of drug-likeness (QED) is 0.510. The Morgan fingerprint density at radius 2 is 1.77 bits per heavy atom. The van der Waals surface area contributed by atoms with Crippen LogP contribution in [0.25, 0.3) is 5.65 Å². The van der Waals surface area contributed by atoms with E-state index in [-0.39, 0.29) is 16.5 Å². The molecule has 7 nitrogen and oxygen atoms in total. The molecule has 2 aromatic carbocycles. The van der Waals surface area contributed by atoms with Gasteiger partial charge in [0.05, 0.1) is 10.6 Å². The second-order valence-electron chi connectivity index (χ2n) is 7.00. The molecule has 0 aliphatic heterocycles. The summed E-state index contributed by atoms with van der Waals surface area (Å²) in [6.07, 6.45) is 3.49. The number of imidazole rings is 1. The predicted octanol–water partition coefficient (Wildman–Crippen LogP) is 4.00. The Morgan fingerprint density at radius 3 is 2.53 bits per heavy atom. The van der Waals surface area contributed by atoms with E-state index in [0.29, 0.717) is 17.0 Å². The standard InChI is InChI=1S/C22H20N4O3S/c1-15-10-11-26-14-20(24-21(26)12-15)22(27)23-17-9-8-16(2)19(13-17)25-30(28,29)18-6-4-3-5-7-18/h3-14,25H,1-2H3,(H,23,27). The lowest BCUT2D eigenvalue weighted by molar-refractivity contribution is 0.102. The zero-order valence-electron chi connectivity index (χ0n) is 16.5. The Hall–Kier alpha value is -3.65. The summed E-state index contributed by atoms with van der Waals surface area (Å²) in [5.74, 6) is -0.378. The van der Waals surface area contributed by atoms with Gasteiger partial charge in [-0.25, -0.2) is 13.4 Å². The lowest BCUT2D eigenvalue weighted by Gasteiger charge is -2.12. The number of fused-ring (bicyclic) bond motifs is 1. The molecular weight excluding hydrogens is 400 g/mol. The lowest BCUT2D eigenvalue weighted by Crippen LogP contribution is -2.15. The van der Waals surface area contributed by atoms with Crippen molar-refractivity contribution in [3.63, 3.8) is 0 Å². The van der Waals surface area contributed by atoms with Gasteiger partial charge in [-0.1, -0.05) is 24.3 Å². The number of nitrogens with one attached hydrogen (secondary N) is 2. The maximum Gasteiger partial charge on any atom is 0.275 e. The first kappa shape index (κ1) is 19.7. The Morgan fingerprint density at radius 1 is 1.00 bits per heavy atom. The Labute approximate surface area is 174 Å². The number of rotatable bonds is 5. The van der Waals surface area contributed by atoms with E-state index in [1.807, 2.05) is 25.3 Å². The molecule has 0 saturated heterocycles. The molecule has 2 N–H and O–H groups in total. The van der Waals surface area contributed by atoms with Gasteiger partial charge in [0.15, 0.2) is 0 Å². The number of aryl methyl sites for hydroxylation is 2. The number of nitrogens with zero attached hydrogens (tertiary/aromatic N) is 2. The summed E-state index contributed by atoms with van der Waals surface area (Å²) in [6.45, 7) is 3.75. The fourth-order valence-corrected chi connectivity index (χ4v) is 4.14. The van der Waals surface area contributed by atoms with Crippen LogP contribution >= 0.6 is 0 Å². The minimum atomic E-state index is -3.73. The largest absolute Gasteiger partial charge is 0.321 e. The molecule has 0 saturated carbocycles. The summed E-state index contributed by atoms with van der Waals surface area (Å²) in [5, 5.41) is 2.78. The molecule has 4 aromatic rings. The highest BCUT2D eigenvalue weighted by Crippen LogP contribution is 2.24. The summed E-state index contributed by atoms with van der Waals surface area (Å²) in [5.41, 5.74) is 3.59. The van der Waals surface area contributed by atoms with Gasteiger partial charge in [0.1, 0.15) is 11.3 Å². The molecule has 0 atom stereocenters. The van der Waals surface area contributed by atoms with Gasteiger partial charge in [0, 0.05) is 18.1 Å². The van der Waals surface area contributed by atoms with Crippen molar-refractivity contribution in [2.45, 2.75) is 18.7 Å². The summed E-state index contributed by atoms with van der Waals surface area (Å²) in [4.78, 5) is 17.2. The fourth-order valence-electron chi connectivity index (χ4n) is 3.00. The number of carbonyl (C=O) groups is 1. The number of anilines is 2. The molecular formula is C22H20N4O3S. The average molecular weight is 420 g/mol. The van der Waals surface area contributed by atoms with Crippen molar-refractivity contribution in [1.29, 1.82) is 0 Å². The van der Waals surface area contributed by atoms with Gasteiger partial charge in [0.2, 0.25) is 0 Å². The minimum absolute atomic E-state index is 0.166. The topological polar surface area (TPSA) is 92.6 Å². The third kappa shape index (κ3) is 4.04. The van der Waals surface area contributed by atoms with Gasteiger partial charge in [-0.2, -0.15) is 0 Å². The SMILES string of the molecule is Cc1ccn2cc(C(=O)Nc3ccc(C)c(NS(=O)(=O)c4ccccc4)c3)nc2c1. The van der Waals surface area contributed by atoms with Crippen LogP contribution in [0.5, 0.6) is 0 Å².